The number of nitrogens with one attached hydrogen (secondary N) is 1. The van der Waals surface area contributed by atoms with Crippen LogP contribution in [0.3, 0.4) is 0 Å². The molecule has 8 nitrogen and oxygen atoms in total. The molecule has 1 fully saturated rings. The molecule has 118 valence electrons. The SMILES string of the molecule is CC1CC(NC(=O)c2cc(C(=O)O)cc([N+](=O)[O-])c2)CCO1. The summed E-state index contributed by atoms with van der Waals surface area (Å²) in [6.45, 7) is 2.43. The number of amides is 1. The van der Waals surface area contributed by atoms with Crippen LogP contribution in [0.2, 0.25) is 0 Å². The molecule has 8 heteroatoms. The lowest BCUT2D eigenvalue weighted by molar-refractivity contribution is -0.384. The predicted octanol–water partition coefficient (Wildman–Crippen LogP) is 1.59. The van der Waals surface area contributed by atoms with E-state index in [-0.39, 0.29) is 23.3 Å². The second-order valence-electron chi connectivity index (χ2n) is 5.21. The zero-order valence-corrected chi connectivity index (χ0v) is 11.9. The van der Waals surface area contributed by atoms with Crippen LogP contribution in [0.25, 0.3) is 0 Å². The second kappa shape index (κ2) is 6.52. The van der Waals surface area contributed by atoms with E-state index in [1.54, 1.807) is 0 Å². The fourth-order valence-corrected chi connectivity index (χ4v) is 2.37. The van der Waals surface area contributed by atoms with Crippen molar-refractivity contribution in [1.29, 1.82) is 0 Å². The molecule has 2 rings (SSSR count). The molecule has 1 aliphatic heterocycles. The van der Waals surface area contributed by atoms with Gasteiger partial charge in [0.05, 0.1) is 16.6 Å². The second-order valence-corrected chi connectivity index (χ2v) is 5.21. The molecule has 2 N–H and O–H groups in total. The van der Waals surface area contributed by atoms with Gasteiger partial charge in [0.2, 0.25) is 0 Å². The van der Waals surface area contributed by atoms with Gasteiger partial charge in [0.25, 0.3) is 11.6 Å². The van der Waals surface area contributed by atoms with E-state index in [2.05, 4.69) is 5.32 Å². The molecule has 1 heterocycles. The molecule has 0 aliphatic carbocycles. The summed E-state index contributed by atoms with van der Waals surface area (Å²) in [5.74, 6) is -1.84. The minimum absolute atomic E-state index is 0.0266. The number of nitrogens with zero attached hydrogens (tertiary/aromatic N) is 1. The minimum atomic E-state index is -1.32. The van der Waals surface area contributed by atoms with Gasteiger partial charge in [-0.1, -0.05) is 0 Å². The van der Waals surface area contributed by atoms with Crippen molar-refractivity contribution in [3.63, 3.8) is 0 Å². The molecule has 2 atom stereocenters. The lowest BCUT2D eigenvalue weighted by Crippen LogP contribution is -2.41. The van der Waals surface area contributed by atoms with Crippen LogP contribution in [0.1, 0.15) is 40.5 Å². The van der Waals surface area contributed by atoms with Gasteiger partial charge in [-0.15, -0.1) is 0 Å². The van der Waals surface area contributed by atoms with Crippen LogP contribution < -0.4 is 5.32 Å². The van der Waals surface area contributed by atoms with Crippen LogP contribution in [0.4, 0.5) is 5.69 Å². The van der Waals surface area contributed by atoms with Crippen molar-refractivity contribution >= 4 is 17.6 Å². The van der Waals surface area contributed by atoms with Gasteiger partial charge in [-0.2, -0.15) is 0 Å². The van der Waals surface area contributed by atoms with Gasteiger partial charge in [0.1, 0.15) is 0 Å². The van der Waals surface area contributed by atoms with Gasteiger partial charge >= 0.3 is 5.97 Å². The van der Waals surface area contributed by atoms with E-state index < -0.39 is 22.5 Å². The monoisotopic (exact) mass is 308 g/mol. The molecular weight excluding hydrogens is 292 g/mol. The third-order valence-electron chi connectivity index (χ3n) is 3.46. The van der Waals surface area contributed by atoms with E-state index in [1.807, 2.05) is 6.92 Å². The smallest absolute Gasteiger partial charge is 0.335 e. The number of carboxylic acid groups (broad SMARTS) is 1. The van der Waals surface area contributed by atoms with Gasteiger partial charge in [0, 0.05) is 30.3 Å². The van der Waals surface area contributed by atoms with Crippen molar-refractivity contribution in [1.82, 2.24) is 5.32 Å². The number of non-ortho nitro benzene ring substituents is 1. The standard InChI is InChI=1S/C14H16N2O6/c1-8-4-11(2-3-22-8)15-13(17)9-5-10(14(18)19)7-12(6-9)16(20)21/h5-8,11H,2-4H2,1H3,(H,15,17)(H,18,19). The summed E-state index contributed by atoms with van der Waals surface area (Å²) in [7, 11) is 0. The summed E-state index contributed by atoms with van der Waals surface area (Å²) in [6, 6.07) is 3.04. The summed E-state index contributed by atoms with van der Waals surface area (Å²) >= 11 is 0. The first-order valence-corrected chi connectivity index (χ1v) is 6.82. The van der Waals surface area contributed by atoms with E-state index in [0.29, 0.717) is 19.4 Å². The van der Waals surface area contributed by atoms with Crippen molar-refractivity contribution < 1.29 is 24.4 Å². The molecule has 1 amide bonds. The third kappa shape index (κ3) is 3.79. The number of carboxylic acids is 1. The Balaban J connectivity index is 2.21. The van der Waals surface area contributed by atoms with Crippen LogP contribution in [0.5, 0.6) is 0 Å². The molecule has 0 saturated carbocycles. The number of carbonyl (C=O) groups excluding carboxylic acids is 1. The quantitative estimate of drug-likeness (QED) is 0.644. The molecule has 1 aliphatic rings. The molecule has 0 spiro atoms. The number of aromatic carboxylic acids is 1. The van der Waals surface area contributed by atoms with Crippen LogP contribution in [0, 0.1) is 10.1 Å². The van der Waals surface area contributed by atoms with Crippen molar-refractivity contribution in [2.45, 2.75) is 31.9 Å². The predicted molar refractivity (Wildman–Crippen MR) is 76.0 cm³/mol. The molecule has 2 unspecified atom stereocenters. The Hall–Kier alpha value is -2.48. The maximum Gasteiger partial charge on any atom is 0.335 e. The lowest BCUT2D eigenvalue weighted by Gasteiger charge is -2.27. The lowest BCUT2D eigenvalue weighted by atomic mass is 10.0. The van der Waals surface area contributed by atoms with Crippen LogP contribution in [0.15, 0.2) is 18.2 Å². The van der Waals surface area contributed by atoms with Crippen LogP contribution in [-0.2, 0) is 4.74 Å². The Labute approximate surface area is 126 Å². The fraction of sp³-hybridized carbons (Fsp3) is 0.429. The first-order chi connectivity index (χ1) is 10.4. The van der Waals surface area contributed by atoms with Crippen LogP contribution in [-0.4, -0.2) is 40.7 Å². The minimum Gasteiger partial charge on any atom is -0.478 e. The number of rotatable bonds is 4. The summed E-state index contributed by atoms with van der Waals surface area (Å²) < 4.78 is 5.38. The van der Waals surface area contributed by atoms with Crippen molar-refractivity contribution in [2.24, 2.45) is 0 Å². The maximum absolute atomic E-state index is 12.2. The average Bonchev–Trinajstić information content (AvgIpc) is 2.46. The molecule has 1 aromatic rings. The number of hydrogen-bond donors (Lipinski definition) is 2. The van der Waals surface area contributed by atoms with Gasteiger partial charge in [-0.25, -0.2) is 4.79 Å². The molecule has 0 bridgehead atoms. The average molecular weight is 308 g/mol. The Morgan fingerprint density at radius 3 is 2.64 bits per heavy atom. The number of ether oxygens (including phenoxy) is 1. The van der Waals surface area contributed by atoms with Gasteiger partial charge in [-0.3, -0.25) is 14.9 Å². The first kappa shape index (κ1) is 15.9. The van der Waals surface area contributed by atoms with E-state index >= 15 is 0 Å². The summed E-state index contributed by atoms with van der Waals surface area (Å²) in [6.07, 6.45) is 1.32. The summed E-state index contributed by atoms with van der Waals surface area (Å²) in [5.41, 5.74) is -0.754. The van der Waals surface area contributed by atoms with Gasteiger partial charge < -0.3 is 15.2 Å². The van der Waals surface area contributed by atoms with Crippen molar-refractivity contribution in [3.8, 4) is 0 Å². The Kier molecular flexibility index (Phi) is 4.71. The van der Waals surface area contributed by atoms with E-state index in [1.165, 1.54) is 0 Å². The number of hydrogen-bond acceptors (Lipinski definition) is 5. The number of carbonyl (C=O) groups is 2. The number of nitro groups is 1. The number of benzene rings is 1. The first-order valence-electron chi connectivity index (χ1n) is 6.82. The topological polar surface area (TPSA) is 119 Å². The highest BCUT2D eigenvalue weighted by Crippen LogP contribution is 2.19. The highest BCUT2D eigenvalue weighted by molar-refractivity contribution is 5.98. The molecule has 0 radical (unpaired) electrons. The normalized spacial score (nSPS) is 21.1. The molecule has 22 heavy (non-hydrogen) atoms. The van der Waals surface area contributed by atoms with Gasteiger partial charge in [0.15, 0.2) is 0 Å². The fourth-order valence-electron chi connectivity index (χ4n) is 2.37. The zero-order chi connectivity index (χ0) is 16.3. The third-order valence-corrected chi connectivity index (χ3v) is 3.46. The molecule has 0 aromatic heterocycles. The molecular formula is C14H16N2O6. The Morgan fingerprint density at radius 1 is 1.36 bits per heavy atom. The highest BCUT2D eigenvalue weighted by atomic mass is 16.6. The summed E-state index contributed by atoms with van der Waals surface area (Å²) in [5, 5.41) is 22.6. The summed E-state index contributed by atoms with van der Waals surface area (Å²) in [4.78, 5) is 33.3. The van der Waals surface area contributed by atoms with Crippen molar-refractivity contribution in [2.75, 3.05) is 6.61 Å². The maximum atomic E-state index is 12.2. The number of nitro benzene ring substituents is 1. The largest absolute Gasteiger partial charge is 0.478 e. The zero-order valence-electron chi connectivity index (χ0n) is 11.9. The molecule has 1 aromatic carbocycles. The van der Waals surface area contributed by atoms with E-state index in [9.17, 15) is 19.7 Å². The highest BCUT2D eigenvalue weighted by Gasteiger charge is 2.23. The Morgan fingerprint density at radius 2 is 2.05 bits per heavy atom. The van der Waals surface area contributed by atoms with E-state index in [4.69, 9.17) is 9.84 Å². The van der Waals surface area contributed by atoms with E-state index in [0.717, 1.165) is 18.2 Å². The Bertz CT molecular complexity index is 583. The van der Waals surface area contributed by atoms with Crippen molar-refractivity contribution in [3.05, 3.63) is 39.4 Å². The molecule has 1 saturated heterocycles. The van der Waals surface area contributed by atoms with Crippen LogP contribution >= 0.6 is 0 Å². The van der Waals surface area contributed by atoms with Gasteiger partial charge in [-0.05, 0) is 25.8 Å².